The van der Waals surface area contributed by atoms with Gasteiger partial charge in [0.25, 0.3) is 0 Å². The van der Waals surface area contributed by atoms with Crippen LogP contribution in [-0.4, -0.2) is 48.2 Å². The van der Waals surface area contributed by atoms with Gasteiger partial charge >= 0.3 is 18.6 Å². The fourth-order valence-electron chi connectivity index (χ4n) is 7.71. The zero-order valence-electron chi connectivity index (χ0n) is 18.0. The Balaban J connectivity index is 1.37. The number of quaternary nitrogens is 1. The second kappa shape index (κ2) is 5.68. The molecule has 30 heavy (non-hydrogen) atoms. The highest BCUT2D eigenvalue weighted by Crippen LogP contribution is 2.64. The molecular formula is C23H30BNO5. The van der Waals surface area contributed by atoms with E-state index in [1.807, 2.05) is 37.3 Å². The van der Waals surface area contributed by atoms with Crippen molar-refractivity contribution < 1.29 is 28.0 Å². The average molecular weight is 411 g/mol. The molecule has 2 bridgehead atoms. The van der Waals surface area contributed by atoms with E-state index in [1.165, 1.54) is 12.8 Å². The van der Waals surface area contributed by atoms with Crippen molar-refractivity contribution >= 4 is 18.6 Å². The average Bonchev–Trinajstić information content (AvgIpc) is 3.23. The molecule has 1 aromatic rings. The Labute approximate surface area is 177 Å². The van der Waals surface area contributed by atoms with Crippen molar-refractivity contribution in [2.45, 2.75) is 51.6 Å². The number of epoxide rings is 1. The Morgan fingerprint density at radius 3 is 2.30 bits per heavy atom. The highest BCUT2D eigenvalue weighted by molar-refractivity contribution is 6.69. The van der Waals surface area contributed by atoms with Gasteiger partial charge in [0.05, 0.1) is 6.10 Å². The first-order valence-corrected chi connectivity index (χ1v) is 11.4. The molecule has 3 aliphatic carbocycles. The fourth-order valence-corrected chi connectivity index (χ4v) is 7.71. The molecule has 0 amide bonds. The van der Waals surface area contributed by atoms with E-state index in [1.54, 1.807) is 0 Å². The summed E-state index contributed by atoms with van der Waals surface area (Å²) < 4.78 is 18.5. The van der Waals surface area contributed by atoms with Crippen molar-refractivity contribution in [3.05, 3.63) is 35.9 Å². The van der Waals surface area contributed by atoms with Gasteiger partial charge in [-0.05, 0) is 42.1 Å². The molecule has 3 aliphatic heterocycles. The van der Waals surface area contributed by atoms with Crippen molar-refractivity contribution in [2.75, 3.05) is 19.6 Å². The van der Waals surface area contributed by atoms with Crippen LogP contribution >= 0.6 is 0 Å². The summed E-state index contributed by atoms with van der Waals surface area (Å²) in [5.41, 5.74) is 0.561. The third-order valence-corrected chi connectivity index (χ3v) is 9.45. The maximum absolute atomic E-state index is 12.7. The molecule has 3 saturated carbocycles. The maximum Gasteiger partial charge on any atom is 0.617 e. The van der Waals surface area contributed by atoms with E-state index < -0.39 is 12.2 Å². The van der Waals surface area contributed by atoms with Gasteiger partial charge in [0, 0.05) is 12.5 Å². The lowest BCUT2D eigenvalue weighted by Gasteiger charge is -2.61. The Hall–Kier alpha value is -1.86. The van der Waals surface area contributed by atoms with Crippen LogP contribution in [0, 0.1) is 23.2 Å². The molecule has 6 nitrogen and oxygen atoms in total. The highest BCUT2D eigenvalue weighted by atomic mass is 16.7. The summed E-state index contributed by atoms with van der Waals surface area (Å²) in [5, 5.41) is 0. The molecule has 3 heterocycles. The Bertz CT molecular complexity index is 911. The number of carbonyl (C=O) groups excluding carboxylic acids is 2. The Kier molecular flexibility index (Phi) is 3.58. The van der Waals surface area contributed by atoms with Gasteiger partial charge in [-0.25, -0.2) is 0 Å². The smallest absolute Gasteiger partial charge is 0.598 e. The molecule has 6 fully saturated rings. The Morgan fingerprint density at radius 1 is 1.03 bits per heavy atom. The second-order valence-corrected chi connectivity index (χ2v) is 11.2. The predicted molar refractivity (Wildman–Crippen MR) is 110 cm³/mol. The van der Waals surface area contributed by atoms with Crippen LogP contribution in [0.1, 0.15) is 51.7 Å². The standard InChI is InChI=1S/C23H30BNO5/c1-22(2)17-10-9-16(18(22)11-17)12-25-13-19(26)29-24(25,30-20(27)14-25)23(3)21(28-23)15-7-5-4-6-8-15/h4-8,16-18,21H,9-14H2,1-3H3/t16?,17-,18?,21+,23-,24?,25?/m1/s1. The summed E-state index contributed by atoms with van der Waals surface area (Å²) in [4.78, 5) is 25.4. The van der Waals surface area contributed by atoms with E-state index in [9.17, 15) is 9.59 Å². The topological polar surface area (TPSA) is 65.1 Å². The first kappa shape index (κ1) is 18.9. The lowest BCUT2D eigenvalue weighted by molar-refractivity contribution is -0.822. The van der Waals surface area contributed by atoms with E-state index >= 15 is 0 Å². The fraction of sp³-hybridized carbons (Fsp3) is 0.652. The summed E-state index contributed by atoms with van der Waals surface area (Å²) >= 11 is 0. The number of hydrogen-bond donors (Lipinski definition) is 0. The van der Waals surface area contributed by atoms with E-state index in [-0.39, 0.29) is 31.1 Å². The predicted octanol–water partition coefficient (Wildman–Crippen LogP) is 3.00. The second-order valence-electron chi connectivity index (χ2n) is 11.2. The monoisotopic (exact) mass is 411 g/mol. The van der Waals surface area contributed by atoms with Crippen LogP contribution < -0.4 is 0 Å². The number of benzene rings is 1. The molecule has 0 spiro atoms. The third kappa shape index (κ3) is 2.18. The molecule has 5 atom stereocenters. The number of nitrogens with zero attached hydrogens (tertiary/aromatic N) is 1. The van der Waals surface area contributed by atoms with Gasteiger partial charge < -0.3 is 18.4 Å². The van der Waals surface area contributed by atoms with Crippen molar-refractivity contribution in [3.8, 4) is 0 Å². The molecule has 1 aromatic carbocycles. The van der Waals surface area contributed by atoms with Gasteiger partial charge in [-0.1, -0.05) is 51.1 Å². The zero-order valence-corrected chi connectivity index (χ0v) is 18.0. The molecule has 6 aliphatic rings. The van der Waals surface area contributed by atoms with Crippen LogP contribution in [0.3, 0.4) is 0 Å². The van der Waals surface area contributed by atoms with E-state index in [4.69, 9.17) is 14.0 Å². The van der Waals surface area contributed by atoms with Crippen LogP contribution in [-0.2, 0) is 23.6 Å². The lowest BCUT2D eigenvalue weighted by Crippen LogP contribution is -2.72. The van der Waals surface area contributed by atoms with Crippen molar-refractivity contribution in [3.63, 3.8) is 0 Å². The summed E-state index contributed by atoms with van der Waals surface area (Å²) in [5.74, 6) is 1.39. The molecule has 7 rings (SSSR count). The molecule has 0 radical (unpaired) electrons. The van der Waals surface area contributed by atoms with Crippen LogP contribution in [0.2, 0.25) is 0 Å². The number of hydrogen-bond acceptors (Lipinski definition) is 5. The maximum atomic E-state index is 12.7. The number of rotatable bonds is 4. The summed E-state index contributed by atoms with van der Waals surface area (Å²) in [7, 11) is 0. The summed E-state index contributed by atoms with van der Waals surface area (Å²) in [6, 6.07) is 9.95. The lowest BCUT2D eigenvalue weighted by atomic mass is 9.45. The van der Waals surface area contributed by atoms with Gasteiger partial charge in [-0.15, -0.1) is 0 Å². The Morgan fingerprint density at radius 2 is 1.70 bits per heavy atom. The number of ether oxygens (including phenoxy) is 1. The molecule has 3 saturated heterocycles. The molecule has 0 aromatic heterocycles. The SMILES string of the molecule is CC1(C)C2C[C@H]1CCC2C[N+]12CC(=O)O[B-]1([C@]1(C)O[C@H]1c1ccccc1)OC(=O)C2. The number of fused-ring (bicyclic) bond motifs is 3. The van der Waals surface area contributed by atoms with Crippen LogP contribution in [0.5, 0.6) is 0 Å². The highest BCUT2D eigenvalue weighted by Gasteiger charge is 2.84. The van der Waals surface area contributed by atoms with Gasteiger partial charge in [0.2, 0.25) is 0 Å². The minimum Gasteiger partial charge on any atom is -0.598 e. The summed E-state index contributed by atoms with van der Waals surface area (Å²) in [6.07, 6.45) is 3.43. The third-order valence-electron chi connectivity index (χ3n) is 9.45. The van der Waals surface area contributed by atoms with Crippen molar-refractivity contribution in [2.24, 2.45) is 23.2 Å². The van der Waals surface area contributed by atoms with Crippen LogP contribution in [0.4, 0.5) is 0 Å². The van der Waals surface area contributed by atoms with Gasteiger partial charge in [-0.2, -0.15) is 0 Å². The van der Waals surface area contributed by atoms with Crippen LogP contribution in [0.15, 0.2) is 30.3 Å². The largest absolute Gasteiger partial charge is 0.617 e. The van der Waals surface area contributed by atoms with Crippen molar-refractivity contribution in [1.29, 1.82) is 0 Å². The first-order chi connectivity index (χ1) is 14.2. The van der Waals surface area contributed by atoms with E-state index in [2.05, 4.69) is 13.8 Å². The van der Waals surface area contributed by atoms with Gasteiger partial charge in [-0.3, -0.25) is 9.59 Å². The molecule has 2 unspecified atom stereocenters. The first-order valence-electron chi connectivity index (χ1n) is 11.4. The van der Waals surface area contributed by atoms with E-state index in [0.29, 0.717) is 21.6 Å². The number of carbonyl (C=O) groups is 2. The van der Waals surface area contributed by atoms with Gasteiger partial charge in [0.1, 0.15) is 18.6 Å². The van der Waals surface area contributed by atoms with Crippen molar-refractivity contribution in [1.82, 2.24) is 0 Å². The molecular weight excluding hydrogens is 381 g/mol. The minimum absolute atomic E-state index is 0.208. The molecule has 0 N–H and O–H groups in total. The zero-order chi connectivity index (χ0) is 20.9. The van der Waals surface area contributed by atoms with Crippen LogP contribution in [0.25, 0.3) is 0 Å². The molecule has 7 heteroatoms. The normalized spacial score (nSPS) is 47.8. The summed E-state index contributed by atoms with van der Waals surface area (Å²) in [6.45, 7) is 5.63. The van der Waals surface area contributed by atoms with E-state index in [0.717, 1.165) is 24.4 Å². The van der Waals surface area contributed by atoms with Gasteiger partial charge in [0.15, 0.2) is 0 Å². The minimum atomic E-state index is -2.26. The quantitative estimate of drug-likeness (QED) is 0.563. The molecule has 160 valence electrons.